The molecule has 1 aromatic heterocycles. The third-order valence-corrected chi connectivity index (χ3v) is 6.47. The Bertz CT molecular complexity index is 499. The van der Waals surface area contributed by atoms with Crippen molar-refractivity contribution in [2.24, 2.45) is 0 Å². The molecule has 2 heterocycles. The average molecular weight is 321 g/mol. The van der Waals surface area contributed by atoms with Gasteiger partial charge in [-0.25, -0.2) is 0 Å². The normalized spacial score (nSPS) is 22.4. The van der Waals surface area contributed by atoms with E-state index in [2.05, 4.69) is 10.2 Å². The molecular weight excluding hydrogens is 292 g/mol. The fourth-order valence-corrected chi connectivity index (χ4v) is 4.95. The van der Waals surface area contributed by atoms with Gasteiger partial charge in [-0.05, 0) is 62.7 Å². The Morgan fingerprint density at radius 2 is 1.86 bits per heavy atom. The first-order valence-corrected chi connectivity index (χ1v) is 9.67. The Morgan fingerprint density at radius 1 is 1.18 bits per heavy atom. The van der Waals surface area contributed by atoms with Crippen molar-refractivity contribution in [3.8, 4) is 0 Å². The van der Waals surface area contributed by atoms with Crippen LogP contribution in [0.3, 0.4) is 0 Å². The zero-order valence-corrected chi connectivity index (χ0v) is 14.5. The first-order valence-electron chi connectivity index (χ1n) is 8.79. The van der Waals surface area contributed by atoms with Crippen LogP contribution in [0.1, 0.15) is 66.6 Å². The number of rotatable bonds is 4. The van der Waals surface area contributed by atoms with Gasteiger partial charge in [-0.1, -0.05) is 25.7 Å². The van der Waals surface area contributed by atoms with Gasteiger partial charge in [-0.3, -0.25) is 9.69 Å². The molecule has 2 aliphatic rings. The quantitative estimate of drug-likeness (QED) is 0.910. The lowest BCUT2D eigenvalue weighted by Crippen LogP contribution is -2.58. The van der Waals surface area contributed by atoms with Gasteiger partial charge < -0.3 is 5.32 Å². The molecule has 0 unspecified atom stereocenters. The van der Waals surface area contributed by atoms with Crippen LogP contribution in [0, 0.1) is 6.92 Å². The maximum Gasteiger partial charge on any atom is 0.261 e. The second kappa shape index (κ2) is 7.14. The molecule has 0 aromatic carbocycles. The Labute approximate surface area is 138 Å². The number of carbonyl (C=O) groups excluding carboxylic acids is 1. The molecule has 1 amide bonds. The highest BCUT2D eigenvalue weighted by Crippen LogP contribution is 2.35. The second-order valence-corrected chi connectivity index (χ2v) is 7.86. The number of nitrogens with one attached hydrogen (secondary N) is 1. The Morgan fingerprint density at radius 3 is 2.50 bits per heavy atom. The van der Waals surface area contributed by atoms with Gasteiger partial charge in [0, 0.05) is 12.1 Å². The molecule has 2 fully saturated rings. The van der Waals surface area contributed by atoms with E-state index in [9.17, 15) is 4.79 Å². The molecule has 0 atom stereocenters. The highest BCUT2D eigenvalue weighted by Gasteiger charge is 2.38. The molecule has 1 saturated heterocycles. The highest BCUT2D eigenvalue weighted by atomic mass is 32.1. The van der Waals surface area contributed by atoms with Gasteiger partial charge in [0.25, 0.3) is 5.91 Å². The molecule has 3 nitrogen and oxygen atoms in total. The minimum absolute atomic E-state index is 0.120. The molecule has 0 spiro atoms. The molecule has 122 valence electrons. The van der Waals surface area contributed by atoms with Crippen LogP contribution in [0.2, 0.25) is 0 Å². The SMILES string of the molecule is Cc1ccsc1C(=O)NCC1(N2CCCCC2)CCCCC1. The van der Waals surface area contributed by atoms with Gasteiger partial charge >= 0.3 is 0 Å². The summed E-state index contributed by atoms with van der Waals surface area (Å²) in [6, 6.07) is 2.03. The molecule has 1 aromatic rings. The van der Waals surface area contributed by atoms with Gasteiger partial charge in [0.05, 0.1) is 4.88 Å². The molecule has 1 aliphatic heterocycles. The zero-order chi connectivity index (χ0) is 15.4. The van der Waals surface area contributed by atoms with E-state index in [1.807, 2.05) is 18.4 Å². The van der Waals surface area contributed by atoms with Crippen LogP contribution in [0.5, 0.6) is 0 Å². The number of aryl methyl sites for hydroxylation is 1. The maximum absolute atomic E-state index is 12.5. The Hall–Kier alpha value is -0.870. The van der Waals surface area contributed by atoms with E-state index in [1.165, 1.54) is 64.5 Å². The Kier molecular flexibility index (Phi) is 5.19. The number of amides is 1. The second-order valence-electron chi connectivity index (χ2n) is 6.95. The van der Waals surface area contributed by atoms with Gasteiger partial charge in [0.15, 0.2) is 0 Å². The highest BCUT2D eigenvalue weighted by molar-refractivity contribution is 7.12. The van der Waals surface area contributed by atoms with E-state index >= 15 is 0 Å². The molecule has 1 saturated carbocycles. The number of piperidine rings is 1. The Balaban J connectivity index is 1.67. The van der Waals surface area contributed by atoms with Crippen molar-refractivity contribution in [2.45, 2.75) is 63.8 Å². The van der Waals surface area contributed by atoms with Gasteiger partial charge in [0.2, 0.25) is 0 Å². The number of likely N-dealkylation sites (tertiary alicyclic amines) is 1. The van der Waals surface area contributed by atoms with Gasteiger partial charge in [-0.2, -0.15) is 0 Å². The minimum atomic E-state index is 0.120. The van der Waals surface area contributed by atoms with Crippen LogP contribution in [0.4, 0.5) is 0 Å². The number of nitrogens with zero attached hydrogens (tertiary/aromatic N) is 1. The molecular formula is C18H28N2OS. The number of thiophene rings is 1. The van der Waals surface area contributed by atoms with Crippen LogP contribution >= 0.6 is 11.3 Å². The van der Waals surface area contributed by atoms with E-state index in [0.29, 0.717) is 0 Å². The summed E-state index contributed by atoms with van der Waals surface area (Å²) in [6.07, 6.45) is 10.5. The van der Waals surface area contributed by atoms with Crippen molar-refractivity contribution in [2.75, 3.05) is 19.6 Å². The average Bonchev–Trinajstić information content (AvgIpc) is 3.00. The van der Waals surface area contributed by atoms with E-state index in [4.69, 9.17) is 0 Å². The number of hydrogen-bond donors (Lipinski definition) is 1. The molecule has 1 N–H and O–H groups in total. The van der Waals surface area contributed by atoms with E-state index in [0.717, 1.165) is 17.0 Å². The molecule has 4 heteroatoms. The predicted octanol–water partition coefficient (Wildman–Crippen LogP) is 3.98. The van der Waals surface area contributed by atoms with Crippen LogP contribution in [-0.2, 0) is 0 Å². The summed E-state index contributed by atoms with van der Waals surface area (Å²) in [5, 5.41) is 5.27. The lowest BCUT2D eigenvalue weighted by Gasteiger charge is -2.48. The van der Waals surface area contributed by atoms with Crippen molar-refractivity contribution in [1.29, 1.82) is 0 Å². The largest absolute Gasteiger partial charge is 0.349 e. The summed E-state index contributed by atoms with van der Waals surface area (Å²) in [6.45, 7) is 5.28. The van der Waals surface area contributed by atoms with Crippen molar-refractivity contribution >= 4 is 17.2 Å². The van der Waals surface area contributed by atoms with Crippen LogP contribution in [0.15, 0.2) is 11.4 Å². The first-order chi connectivity index (χ1) is 10.7. The lowest BCUT2D eigenvalue weighted by atomic mass is 9.79. The molecule has 22 heavy (non-hydrogen) atoms. The minimum Gasteiger partial charge on any atom is -0.349 e. The van der Waals surface area contributed by atoms with Crippen molar-refractivity contribution in [3.05, 3.63) is 21.9 Å². The molecule has 3 rings (SSSR count). The summed E-state index contributed by atoms with van der Waals surface area (Å²) in [7, 11) is 0. The lowest BCUT2D eigenvalue weighted by molar-refractivity contribution is 0.0327. The molecule has 1 aliphatic carbocycles. The van der Waals surface area contributed by atoms with Crippen LogP contribution < -0.4 is 5.32 Å². The van der Waals surface area contributed by atoms with Crippen LogP contribution in [0.25, 0.3) is 0 Å². The summed E-state index contributed by atoms with van der Waals surface area (Å²) >= 11 is 1.55. The third-order valence-electron chi connectivity index (χ3n) is 5.46. The number of hydrogen-bond acceptors (Lipinski definition) is 3. The van der Waals surface area contributed by atoms with Crippen LogP contribution in [-0.4, -0.2) is 36.0 Å². The van der Waals surface area contributed by atoms with Gasteiger partial charge in [-0.15, -0.1) is 11.3 Å². The topological polar surface area (TPSA) is 32.3 Å². The van der Waals surface area contributed by atoms with Crippen molar-refractivity contribution in [1.82, 2.24) is 10.2 Å². The first kappa shape index (κ1) is 16.0. The third kappa shape index (κ3) is 3.38. The maximum atomic E-state index is 12.5. The summed E-state index contributed by atoms with van der Waals surface area (Å²) in [5.74, 6) is 0.120. The predicted molar refractivity (Wildman–Crippen MR) is 92.6 cm³/mol. The van der Waals surface area contributed by atoms with Crippen molar-refractivity contribution in [3.63, 3.8) is 0 Å². The summed E-state index contributed by atoms with van der Waals surface area (Å²) < 4.78 is 0. The summed E-state index contributed by atoms with van der Waals surface area (Å²) in [4.78, 5) is 16.0. The zero-order valence-electron chi connectivity index (χ0n) is 13.7. The van der Waals surface area contributed by atoms with E-state index in [-0.39, 0.29) is 11.4 Å². The van der Waals surface area contributed by atoms with Gasteiger partial charge in [0.1, 0.15) is 0 Å². The molecule has 0 bridgehead atoms. The standard InChI is InChI=1S/C18H28N2OS/c1-15-8-13-22-16(15)17(21)19-14-18(9-4-2-5-10-18)20-11-6-3-7-12-20/h8,13H,2-7,9-12,14H2,1H3,(H,19,21). The smallest absolute Gasteiger partial charge is 0.261 e. The fourth-order valence-electron chi connectivity index (χ4n) is 4.11. The van der Waals surface area contributed by atoms with E-state index < -0.39 is 0 Å². The van der Waals surface area contributed by atoms with Crippen molar-refractivity contribution < 1.29 is 4.79 Å². The summed E-state index contributed by atoms with van der Waals surface area (Å²) in [5.41, 5.74) is 1.32. The fraction of sp³-hybridized carbons (Fsp3) is 0.722. The monoisotopic (exact) mass is 320 g/mol. The molecule has 0 radical (unpaired) electrons. The number of carbonyl (C=O) groups is 1. The van der Waals surface area contributed by atoms with E-state index in [1.54, 1.807) is 11.3 Å².